The Morgan fingerprint density at radius 1 is 1.39 bits per heavy atom. The van der Waals surface area contributed by atoms with E-state index in [4.69, 9.17) is 5.26 Å². The summed E-state index contributed by atoms with van der Waals surface area (Å²) >= 11 is 0. The van der Waals surface area contributed by atoms with Crippen molar-refractivity contribution < 1.29 is 18.0 Å². The van der Waals surface area contributed by atoms with Crippen molar-refractivity contribution in [3.05, 3.63) is 0 Å². The summed E-state index contributed by atoms with van der Waals surface area (Å²) in [6.07, 6.45) is -4.40. The molecule has 1 fully saturated rings. The number of alkyl halides is 3. The normalized spacial score (nSPS) is 19.2. The zero-order valence-electron chi connectivity index (χ0n) is 10.00. The predicted octanol–water partition coefficient (Wildman–Crippen LogP) is 0.788. The summed E-state index contributed by atoms with van der Waals surface area (Å²) in [5.74, 6) is 0. The van der Waals surface area contributed by atoms with Gasteiger partial charge in [0.2, 0.25) is 0 Å². The van der Waals surface area contributed by atoms with Crippen molar-refractivity contribution >= 4 is 6.03 Å². The lowest BCUT2D eigenvalue weighted by molar-refractivity contribution is -0.123. The second-order valence-corrected chi connectivity index (χ2v) is 4.10. The maximum atomic E-state index is 11.9. The topological polar surface area (TPSA) is 59.4 Å². The highest BCUT2D eigenvalue weighted by atomic mass is 19.4. The lowest BCUT2D eigenvalue weighted by Gasteiger charge is -2.35. The molecule has 1 rings (SSSR count). The second kappa shape index (κ2) is 5.91. The lowest BCUT2D eigenvalue weighted by Crippen LogP contribution is -2.54. The molecule has 1 heterocycles. The van der Waals surface area contributed by atoms with Crippen LogP contribution in [-0.2, 0) is 0 Å². The van der Waals surface area contributed by atoms with Crippen LogP contribution in [0.4, 0.5) is 18.0 Å². The van der Waals surface area contributed by atoms with E-state index in [1.54, 1.807) is 6.92 Å². The molecule has 2 amide bonds. The minimum absolute atomic E-state index is 0.245. The monoisotopic (exact) mass is 264 g/mol. The minimum atomic E-state index is -4.40. The molecule has 1 atom stereocenters. The zero-order chi connectivity index (χ0) is 13.8. The van der Waals surface area contributed by atoms with Crippen LogP contribution in [0.15, 0.2) is 0 Å². The number of nitrogens with zero attached hydrogens (tertiary/aromatic N) is 3. The summed E-state index contributed by atoms with van der Waals surface area (Å²) in [6, 6.07) is 1.13. The molecule has 8 heteroatoms. The first-order valence-corrected chi connectivity index (χ1v) is 5.56. The number of rotatable bonds is 2. The molecule has 0 aromatic carbocycles. The average Bonchev–Trinajstić information content (AvgIpc) is 2.34. The molecule has 102 valence electrons. The van der Waals surface area contributed by atoms with Crippen molar-refractivity contribution in [3.8, 4) is 6.07 Å². The molecular formula is C10H15F3N4O. The molecule has 0 radical (unpaired) electrons. The van der Waals surface area contributed by atoms with Gasteiger partial charge in [-0.05, 0) is 6.92 Å². The fourth-order valence-corrected chi connectivity index (χ4v) is 1.68. The number of urea groups is 1. The summed E-state index contributed by atoms with van der Waals surface area (Å²) in [4.78, 5) is 14.6. The largest absolute Gasteiger partial charge is 0.405 e. The molecule has 0 bridgehead atoms. The Balaban J connectivity index is 2.35. The van der Waals surface area contributed by atoms with Gasteiger partial charge in [-0.1, -0.05) is 0 Å². The number of nitriles is 1. The van der Waals surface area contributed by atoms with E-state index in [0.29, 0.717) is 26.2 Å². The van der Waals surface area contributed by atoms with Gasteiger partial charge in [0.15, 0.2) is 0 Å². The number of hydrogen-bond acceptors (Lipinski definition) is 3. The fourth-order valence-electron chi connectivity index (χ4n) is 1.68. The number of carbonyl (C=O) groups excluding carboxylic acids is 1. The molecule has 0 saturated carbocycles. The third-order valence-corrected chi connectivity index (χ3v) is 2.78. The summed E-state index contributed by atoms with van der Waals surface area (Å²) in [5, 5.41) is 10.6. The van der Waals surface area contributed by atoms with Crippen LogP contribution in [0.25, 0.3) is 0 Å². The average molecular weight is 264 g/mol. The Bertz CT molecular complexity index is 331. The van der Waals surface area contributed by atoms with E-state index >= 15 is 0 Å². The highest BCUT2D eigenvalue weighted by molar-refractivity contribution is 5.74. The van der Waals surface area contributed by atoms with Crippen LogP contribution in [0.5, 0.6) is 0 Å². The number of carbonyl (C=O) groups is 1. The molecule has 0 aromatic heterocycles. The van der Waals surface area contributed by atoms with Gasteiger partial charge in [0, 0.05) is 26.2 Å². The number of hydrogen-bond donors (Lipinski definition) is 1. The van der Waals surface area contributed by atoms with Gasteiger partial charge in [-0.25, -0.2) is 4.79 Å². The molecule has 1 aliphatic heterocycles. The van der Waals surface area contributed by atoms with Crippen molar-refractivity contribution in [1.29, 1.82) is 5.26 Å². The first-order chi connectivity index (χ1) is 8.33. The number of nitrogens with one attached hydrogen (secondary N) is 1. The molecule has 1 unspecified atom stereocenters. The summed E-state index contributed by atoms with van der Waals surface area (Å²) in [6.45, 7) is 2.08. The van der Waals surface area contributed by atoms with Crippen LogP contribution in [0, 0.1) is 11.3 Å². The molecule has 5 nitrogen and oxygen atoms in total. The molecule has 0 spiro atoms. The molecule has 1 saturated heterocycles. The zero-order valence-corrected chi connectivity index (χ0v) is 10.00. The maximum absolute atomic E-state index is 11.9. The number of halogens is 3. The quantitative estimate of drug-likeness (QED) is 0.802. The van der Waals surface area contributed by atoms with E-state index < -0.39 is 18.8 Å². The minimum Gasteiger partial charge on any atom is -0.329 e. The van der Waals surface area contributed by atoms with E-state index in [9.17, 15) is 18.0 Å². The Morgan fingerprint density at radius 3 is 2.39 bits per heavy atom. The molecule has 18 heavy (non-hydrogen) atoms. The van der Waals surface area contributed by atoms with Crippen LogP contribution >= 0.6 is 0 Å². The van der Waals surface area contributed by atoms with Crippen LogP contribution < -0.4 is 5.32 Å². The van der Waals surface area contributed by atoms with Crippen LogP contribution in [0.3, 0.4) is 0 Å². The van der Waals surface area contributed by atoms with Gasteiger partial charge in [-0.15, -0.1) is 0 Å². The van der Waals surface area contributed by atoms with Crippen molar-refractivity contribution in [2.75, 3.05) is 32.7 Å². The van der Waals surface area contributed by atoms with Gasteiger partial charge >= 0.3 is 12.2 Å². The third kappa shape index (κ3) is 4.41. The van der Waals surface area contributed by atoms with Gasteiger partial charge in [-0.3, -0.25) is 4.90 Å². The summed E-state index contributed by atoms with van der Waals surface area (Å²) in [7, 11) is 0. The van der Waals surface area contributed by atoms with Gasteiger partial charge in [0.05, 0.1) is 12.1 Å². The van der Waals surface area contributed by atoms with E-state index in [1.165, 1.54) is 4.90 Å². The van der Waals surface area contributed by atoms with E-state index in [1.807, 2.05) is 10.2 Å². The van der Waals surface area contributed by atoms with Crippen molar-refractivity contribution in [2.45, 2.75) is 19.1 Å². The third-order valence-electron chi connectivity index (χ3n) is 2.78. The molecule has 1 N–H and O–H groups in total. The van der Waals surface area contributed by atoms with E-state index in [-0.39, 0.29) is 6.04 Å². The number of piperazine rings is 1. The van der Waals surface area contributed by atoms with Crippen molar-refractivity contribution in [1.82, 2.24) is 15.1 Å². The van der Waals surface area contributed by atoms with Crippen LogP contribution in [-0.4, -0.2) is 60.8 Å². The van der Waals surface area contributed by atoms with Crippen molar-refractivity contribution in [2.24, 2.45) is 0 Å². The highest BCUT2D eigenvalue weighted by Gasteiger charge is 2.30. The molecular weight excluding hydrogens is 249 g/mol. The molecule has 1 aliphatic rings. The Labute approximate surface area is 103 Å². The van der Waals surface area contributed by atoms with E-state index in [2.05, 4.69) is 6.07 Å². The van der Waals surface area contributed by atoms with Gasteiger partial charge in [-0.2, -0.15) is 18.4 Å². The van der Waals surface area contributed by atoms with Crippen LogP contribution in [0.1, 0.15) is 6.92 Å². The Kier molecular flexibility index (Phi) is 4.78. The van der Waals surface area contributed by atoms with Gasteiger partial charge in [0.25, 0.3) is 0 Å². The molecule has 0 aromatic rings. The smallest absolute Gasteiger partial charge is 0.329 e. The summed E-state index contributed by atoms with van der Waals surface area (Å²) in [5.41, 5.74) is 0. The molecule has 0 aliphatic carbocycles. The van der Waals surface area contributed by atoms with Crippen molar-refractivity contribution in [3.63, 3.8) is 0 Å². The first-order valence-electron chi connectivity index (χ1n) is 5.56. The highest BCUT2D eigenvalue weighted by Crippen LogP contribution is 2.13. The Hall–Kier alpha value is -1.49. The maximum Gasteiger partial charge on any atom is 0.405 e. The Morgan fingerprint density at radius 2 is 1.94 bits per heavy atom. The van der Waals surface area contributed by atoms with Gasteiger partial charge < -0.3 is 10.2 Å². The lowest BCUT2D eigenvalue weighted by atomic mass is 10.2. The summed E-state index contributed by atoms with van der Waals surface area (Å²) < 4.78 is 35.8. The first kappa shape index (κ1) is 14.6. The van der Waals surface area contributed by atoms with E-state index in [0.717, 1.165) is 0 Å². The predicted molar refractivity (Wildman–Crippen MR) is 57.7 cm³/mol. The van der Waals surface area contributed by atoms with Crippen LogP contribution in [0.2, 0.25) is 0 Å². The standard InChI is InChI=1S/C10H15F3N4O/c1-8(6-14)16-2-4-17(5-3-16)9(18)15-7-10(11,12)13/h8H,2-5,7H2,1H3,(H,15,18). The SMILES string of the molecule is CC(C#N)N1CCN(C(=O)NCC(F)(F)F)CC1. The number of amides is 2. The fraction of sp³-hybridized carbons (Fsp3) is 0.800. The van der Waals surface area contributed by atoms with Gasteiger partial charge in [0.1, 0.15) is 6.54 Å². The second-order valence-electron chi connectivity index (χ2n) is 4.10.